The molecule has 0 saturated carbocycles. The lowest BCUT2D eigenvalue weighted by atomic mass is 9.67. The maximum atomic E-state index is 3.59. The highest BCUT2D eigenvalue weighted by molar-refractivity contribution is 5.30. The first-order valence-corrected chi connectivity index (χ1v) is 6.75. The van der Waals surface area contributed by atoms with Gasteiger partial charge in [-0.3, -0.25) is 0 Å². The Morgan fingerprint density at radius 3 is 2.24 bits per heavy atom. The van der Waals surface area contributed by atoms with E-state index in [0.29, 0.717) is 5.41 Å². The molecule has 1 heterocycles. The maximum Gasteiger partial charge on any atom is 0.00550 e. The van der Waals surface area contributed by atoms with Crippen LogP contribution in [0.15, 0.2) is 24.3 Å². The van der Waals surface area contributed by atoms with Crippen LogP contribution in [-0.2, 0) is 11.8 Å². The van der Waals surface area contributed by atoms with Crippen molar-refractivity contribution in [3.63, 3.8) is 0 Å². The van der Waals surface area contributed by atoms with Crippen molar-refractivity contribution in [2.45, 2.75) is 46.0 Å². The molecule has 1 aromatic rings. The second-order valence-electron chi connectivity index (χ2n) is 6.56. The molecule has 1 N–H and O–H groups in total. The fourth-order valence-electron chi connectivity index (χ4n) is 3.20. The molecule has 94 valence electrons. The molecule has 0 amide bonds. The zero-order chi connectivity index (χ0) is 12.5. The lowest BCUT2D eigenvalue weighted by Crippen LogP contribution is -2.49. The third-order valence-corrected chi connectivity index (χ3v) is 4.05. The van der Waals surface area contributed by atoms with Crippen LogP contribution in [0.25, 0.3) is 0 Å². The number of piperidine rings is 1. The van der Waals surface area contributed by atoms with Gasteiger partial charge in [0, 0.05) is 18.5 Å². The minimum atomic E-state index is 0.286. The molecule has 0 bridgehead atoms. The summed E-state index contributed by atoms with van der Waals surface area (Å²) in [5.41, 5.74) is 3.60. The zero-order valence-electron chi connectivity index (χ0n) is 11.6. The van der Waals surface area contributed by atoms with E-state index in [1.165, 1.54) is 17.5 Å². The number of nitrogens with one attached hydrogen (secondary N) is 1. The van der Waals surface area contributed by atoms with Crippen LogP contribution in [0.4, 0.5) is 0 Å². The van der Waals surface area contributed by atoms with Crippen molar-refractivity contribution in [3.05, 3.63) is 35.4 Å². The number of rotatable bonds is 2. The van der Waals surface area contributed by atoms with Crippen LogP contribution in [0, 0.1) is 5.41 Å². The van der Waals surface area contributed by atoms with Gasteiger partial charge in [-0.25, -0.2) is 0 Å². The molecule has 1 saturated heterocycles. The molecule has 1 unspecified atom stereocenters. The van der Waals surface area contributed by atoms with Gasteiger partial charge >= 0.3 is 0 Å². The average Bonchev–Trinajstić information content (AvgIpc) is 2.27. The Bertz CT molecular complexity index is 377. The molecule has 1 aliphatic rings. The molecule has 0 aliphatic carbocycles. The van der Waals surface area contributed by atoms with Gasteiger partial charge in [-0.15, -0.1) is 0 Å². The van der Waals surface area contributed by atoms with Crippen LogP contribution < -0.4 is 5.32 Å². The highest BCUT2D eigenvalue weighted by Crippen LogP contribution is 2.39. The summed E-state index contributed by atoms with van der Waals surface area (Å²) in [5.74, 6) is 0. The van der Waals surface area contributed by atoms with E-state index in [-0.39, 0.29) is 5.41 Å². The topological polar surface area (TPSA) is 12.0 Å². The second-order valence-corrected chi connectivity index (χ2v) is 6.56. The second kappa shape index (κ2) is 4.45. The predicted molar refractivity (Wildman–Crippen MR) is 74.4 cm³/mol. The van der Waals surface area contributed by atoms with Crippen molar-refractivity contribution in [2.75, 3.05) is 13.1 Å². The van der Waals surface area contributed by atoms with Crippen molar-refractivity contribution in [1.82, 2.24) is 5.32 Å². The summed E-state index contributed by atoms with van der Waals surface area (Å²) in [5, 5.41) is 3.59. The molecule has 17 heavy (non-hydrogen) atoms. The van der Waals surface area contributed by atoms with Crippen molar-refractivity contribution < 1.29 is 0 Å². The molecule has 0 aromatic heterocycles. The fraction of sp³-hybridized carbons (Fsp3) is 0.625. The van der Waals surface area contributed by atoms with Gasteiger partial charge in [0.2, 0.25) is 0 Å². The Balaban J connectivity index is 2.24. The molecular weight excluding hydrogens is 206 g/mol. The number of hydrogen-bond donors (Lipinski definition) is 1. The Labute approximate surface area is 106 Å². The van der Waals surface area contributed by atoms with Gasteiger partial charge in [-0.1, -0.05) is 52.0 Å². The smallest absolute Gasteiger partial charge is 0.00550 e. The lowest BCUT2D eigenvalue weighted by molar-refractivity contribution is 0.180. The van der Waals surface area contributed by atoms with Gasteiger partial charge in [-0.05, 0) is 29.4 Å². The predicted octanol–water partition coefficient (Wildman–Crippen LogP) is 3.53. The fourth-order valence-corrected chi connectivity index (χ4v) is 3.20. The molecular formula is C16H25N. The van der Waals surface area contributed by atoms with E-state index in [9.17, 15) is 0 Å². The van der Waals surface area contributed by atoms with E-state index in [4.69, 9.17) is 0 Å². The molecule has 1 fully saturated rings. The summed E-state index contributed by atoms with van der Waals surface area (Å²) in [4.78, 5) is 0. The van der Waals surface area contributed by atoms with Gasteiger partial charge in [-0.2, -0.15) is 0 Å². The van der Waals surface area contributed by atoms with Crippen LogP contribution in [0.2, 0.25) is 0 Å². The molecule has 1 aliphatic heterocycles. The summed E-state index contributed by atoms with van der Waals surface area (Å²) in [6, 6.07) is 9.20. The quantitative estimate of drug-likeness (QED) is 0.821. The van der Waals surface area contributed by atoms with E-state index in [2.05, 4.69) is 57.3 Å². The number of benzene rings is 1. The summed E-state index contributed by atoms with van der Waals surface area (Å²) >= 11 is 0. The minimum Gasteiger partial charge on any atom is -0.315 e. The first kappa shape index (κ1) is 12.6. The van der Waals surface area contributed by atoms with Crippen LogP contribution in [-0.4, -0.2) is 13.1 Å². The molecule has 1 aromatic carbocycles. The lowest BCUT2D eigenvalue weighted by Gasteiger charge is -2.43. The van der Waals surface area contributed by atoms with Crippen LogP contribution in [0.3, 0.4) is 0 Å². The van der Waals surface area contributed by atoms with Crippen molar-refractivity contribution in [2.24, 2.45) is 5.41 Å². The monoisotopic (exact) mass is 231 g/mol. The van der Waals surface area contributed by atoms with Gasteiger partial charge in [0.1, 0.15) is 0 Å². The molecule has 2 rings (SSSR count). The zero-order valence-corrected chi connectivity index (χ0v) is 11.6. The first-order chi connectivity index (χ1) is 7.95. The molecule has 1 nitrogen and oxygen atoms in total. The third kappa shape index (κ3) is 2.71. The van der Waals surface area contributed by atoms with Gasteiger partial charge in [0.05, 0.1) is 0 Å². The summed E-state index contributed by atoms with van der Waals surface area (Å²) in [6.45, 7) is 11.6. The minimum absolute atomic E-state index is 0.286. The van der Waals surface area contributed by atoms with E-state index in [0.717, 1.165) is 19.5 Å². The van der Waals surface area contributed by atoms with Crippen LogP contribution in [0.5, 0.6) is 0 Å². The third-order valence-electron chi connectivity index (χ3n) is 4.05. The number of aryl methyl sites for hydroxylation is 1. The normalized spacial score (nSPS) is 28.0. The van der Waals surface area contributed by atoms with Gasteiger partial charge in [0.15, 0.2) is 0 Å². The van der Waals surface area contributed by atoms with Crippen molar-refractivity contribution in [1.29, 1.82) is 0 Å². The van der Waals surface area contributed by atoms with E-state index >= 15 is 0 Å². The summed E-state index contributed by atoms with van der Waals surface area (Å²) in [7, 11) is 0. The summed E-state index contributed by atoms with van der Waals surface area (Å²) in [6.07, 6.45) is 2.39. The highest BCUT2D eigenvalue weighted by atomic mass is 14.9. The van der Waals surface area contributed by atoms with Crippen molar-refractivity contribution in [3.8, 4) is 0 Å². The molecule has 1 atom stereocenters. The standard InChI is InChI=1S/C16H25N/c1-5-13-6-8-14(9-7-13)16(4)10-15(2,3)11-17-12-16/h6-9,17H,5,10-12H2,1-4H3. The van der Waals surface area contributed by atoms with Gasteiger partial charge < -0.3 is 5.32 Å². The molecule has 1 heteroatoms. The number of hydrogen-bond acceptors (Lipinski definition) is 1. The van der Waals surface area contributed by atoms with Crippen molar-refractivity contribution >= 4 is 0 Å². The molecule has 0 radical (unpaired) electrons. The first-order valence-electron chi connectivity index (χ1n) is 6.75. The van der Waals surface area contributed by atoms with E-state index in [1.54, 1.807) is 0 Å². The maximum absolute atomic E-state index is 3.59. The highest BCUT2D eigenvalue weighted by Gasteiger charge is 2.37. The molecule has 0 spiro atoms. The Hall–Kier alpha value is -0.820. The summed E-state index contributed by atoms with van der Waals surface area (Å²) < 4.78 is 0. The van der Waals surface area contributed by atoms with Crippen LogP contribution in [0.1, 0.15) is 45.2 Å². The van der Waals surface area contributed by atoms with E-state index < -0.39 is 0 Å². The Kier molecular flexibility index (Phi) is 3.31. The average molecular weight is 231 g/mol. The van der Waals surface area contributed by atoms with E-state index in [1.807, 2.05) is 0 Å². The Morgan fingerprint density at radius 2 is 1.71 bits per heavy atom. The van der Waals surface area contributed by atoms with Crippen LogP contribution >= 0.6 is 0 Å². The Morgan fingerprint density at radius 1 is 1.06 bits per heavy atom. The van der Waals surface area contributed by atoms with Gasteiger partial charge in [0.25, 0.3) is 0 Å². The SMILES string of the molecule is CCc1ccc(C2(C)CNCC(C)(C)C2)cc1. The largest absolute Gasteiger partial charge is 0.315 e.